The lowest BCUT2D eigenvalue weighted by atomic mass is 10.3. The van der Waals surface area contributed by atoms with E-state index in [0.29, 0.717) is 12.6 Å². The normalized spacial score (nSPS) is 15.6. The van der Waals surface area contributed by atoms with Crippen molar-refractivity contribution in [2.75, 3.05) is 6.54 Å². The lowest BCUT2D eigenvalue weighted by molar-refractivity contribution is 0.185. The molecule has 13 heavy (non-hydrogen) atoms. The van der Waals surface area contributed by atoms with Gasteiger partial charge in [-0.25, -0.2) is 4.98 Å². The Morgan fingerprint density at radius 1 is 1.54 bits per heavy atom. The first-order valence-electron chi connectivity index (χ1n) is 4.55. The van der Waals surface area contributed by atoms with Gasteiger partial charge in [0, 0.05) is 31.5 Å². The maximum Gasteiger partial charge on any atom is 0.0946 e. The van der Waals surface area contributed by atoms with Crippen LogP contribution in [0.1, 0.15) is 13.8 Å². The topological polar surface area (TPSA) is 50.1 Å². The van der Waals surface area contributed by atoms with E-state index >= 15 is 0 Å². The summed E-state index contributed by atoms with van der Waals surface area (Å²) in [5.41, 5.74) is 0. The quantitative estimate of drug-likeness (QED) is 0.687. The molecule has 0 amide bonds. The van der Waals surface area contributed by atoms with E-state index in [9.17, 15) is 0 Å². The average molecular weight is 183 g/mol. The van der Waals surface area contributed by atoms with Crippen molar-refractivity contribution in [3.63, 3.8) is 0 Å². The van der Waals surface area contributed by atoms with Gasteiger partial charge in [0.1, 0.15) is 0 Å². The molecule has 1 unspecified atom stereocenters. The zero-order valence-corrected chi connectivity index (χ0v) is 8.14. The molecular weight excluding hydrogens is 166 g/mol. The average Bonchev–Trinajstić information content (AvgIpc) is 2.53. The third-order valence-electron chi connectivity index (χ3n) is 1.81. The van der Waals surface area contributed by atoms with Crippen LogP contribution in [0.15, 0.2) is 18.7 Å². The second-order valence-electron chi connectivity index (χ2n) is 3.42. The van der Waals surface area contributed by atoms with Crippen LogP contribution in [0.4, 0.5) is 0 Å². The van der Waals surface area contributed by atoms with E-state index in [1.165, 1.54) is 0 Å². The lowest BCUT2D eigenvalue weighted by Crippen LogP contribution is -2.35. The molecule has 2 N–H and O–H groups in total. The number of hydrogen-bond donors (Lipinski definition) is 2. The molecule has 1 heterocycles. The van der Waals surface area contributed by atoms with Crippen LogP contribution >= 0.6 is 0 Å². The molecule has 0 aliphatic heterocycles. The Hall–Kier alpha value is -0.870. The molecule has 1 aromatic rings. The van der Waals surface area contributed by atoms with E-state index in [1.54, 1.807) is 19.4 Å². The van der Waals surface area contributed by atoms with Crippen LogP contribution in [0.5, 0.6) is 0 Å². The van der Waals surface area contributed by atoms with Crippen molar-refractivity contribution in [3.8, 4) is 0 Å². The maximum absolute atomic E-state index is 9.05. The molecule has 1 rings (SSSR count). The van der Waals surface area contributed by atoms with Gasteiger partial charge in [-0.1, -0.05) is 0 Å². The number of nitrogens with one attached hydrogen (secondary N) is 1. The number of nitrogens with zero attached hydrogens (tertiary/aromatic N) is 2. The fourth-order valence-corrected chi connectivity index (χ4v) is 1.15. The number of aromatic nitrogens is 2. The minimum absolute atomic E-state index is 0.287. The van der Waals surface area contributed by atoms with Crippen molar-refractivity contribution in [2.45, 2.75) is 32.5 Å². The van der Waals surface area contributed by atoms with Crippen LogP contribution in [-0.2, 0) is 6.54 Å². The molecule has 4 heteroatoms. The van der Waals surface area contributed by atoms with Gasteiger partial charge in [0.15, 0.2) is 0 Å². The van der Waals surface area contributed by atoms with Gasteiger partial charge in [-0.05, 0) is 13.8 Å². The minimum atomic E-state index is -0.287. The summed E-state index contributed by atoms with van der Waals surface area (Å²) in [6.07, 6.45) is 5.20. The van der Waals surface area contributed by atoms with Gasteiger partial charge in [-0.3, -0.25) is 0 Å². The highest BCUT2D eigenvalue weighted by Gasteiger charge is 2.02. The fraction of sp³-hybridized carbons (Fsp3) is 0.667. The van der Waals surface area contributed by atoms with Gasteiger partial charge < -0.3 is 15.0 Å². The number of aliphatic hydroxyl groups excluding tert-OH is 1. The van der Waals surface area contributed by atoms with E-state index in [2.05, 4.69) is 17.2 Å². The Kier molecular flexibility index (Phi) is 3.92. The Labute approximate surface area is 78.6 Å². The molecule has 0 saturated carbocycles. The molecule has 0 aromatic carbocycles. The largest absolute Gasteiger partial charge is 0.392 e. The van der Waals surface area contributed by atoms with Gasteiger partial charge in [0.2, 0.25) is 0 Å². The fourth-order valence-electron chi connectivity index (χ4n) is 1.15. The molecule has 0 aliphatic carbocycles. The Balaban J connectivity index is 2.22. The monoisotopic (exact) mass is 183 g/mol. The number of imidazole rings is 1. The third kappa shape index (κ3) is 4.05. The van der Waals surface area contributed by atoms with Crippen molar-refractivity contribution in [1.29, 1.82) is 0 Å². The van der Waals surface area contributed by atoms with E-state index in [4.69, 9.17) is 5.11 Å². The first kappa shape index (κ1) is 10.2. The van der Waals surface area contributed by atoms with Gasteiger partial charge in [-0.2, -0.15) is 0 Å². The van der Waals surface area contributed by atoms with Crippen LogP contribution in [-0.4, -0.2) is 33.3 Å². The highest BCUT2D eigenvalue weighted by atomic mass is 16.3. The summed E-state index contributed by atoms with van der Waals surface area (Å²) in [5.74, 6) is 0. The van der Waals surface area contributed by atoms with Crippen molar-refractivity contribution < 1.29 is 5.11 Å². The third-order valence-corrected chi connectivity index (χ3v) is 1.81. The molecule has 0 saturated heterocycles. The summed E-state index contributed by atoms with van der Waals surface area (Å²) in [5, 5.41) is 12.3. The zero-order valence-electron chi connectivity index (χ0n) is 8.14. The number of hydrogen-bond acceptors (Lipinski definition) is 3. The van der Waals surface area contributed by atoms with E-state index in [0.717, 1.165) is 6.54 Å². The summed E-state index contributed by atoms with van der Waals surface area (Å²) in [4.78, 5) is 3.96. The maximum atomic E-state index is 9.05. The number of rotatable bonds is 5. The summed E-state index contributed by atoms with van der Waals surface area (Å²) in [7, 11) is 0. The predicted octanol–water partition coefficient (Wildman–Crippen LogP) is 0.242. The van der Waals surface area contributed by atoms with Gasteiger partial charge in [-0.15, -0.1) is 0 Å². The van der Waals surface area contributed by atoms with Crippen molar-refractivity contribution in [1.82, 2.24) is 14.9 Å². The highest BCUT2D eigenvalue weighted by Crippen LogP contribution is 1.91. The summed E-state index contributed by atoms with van der Waals surface area (Å²) in [6, 6.07) is 0.351. The first-order valence-corrected chi connectivity index (χ1v) is 4.55. The van der Waals surface area contributed by atoms with Gasteiger partial charge in [0.25, 0.3) is 0 Å². The van der Waals surface area contributed by atoms with Gasteiger partial charge in [0.05, 0.1) is 12.4 Å². The minimum Gasteiger partial charge on any atom is -0.392 e. The molecule has 0 spiro atoms. The molecule has 0 fully saturated rings. The van der Waals surface area contributed by atoms with Crippen LogP contribution in [0.25, 0.3) is 0 Å². The molecule has 0 aliphatic rings. The lowest BCUT2D eigenvalue weighted by Gasteiger charge is -2.15. The SMILES string of the molecule is CC(Cn1ccnc1)NC[C@@H](C)O. The van der Waals surface area contributed by atoms with E-state index in [-0.39, 0.29) is 6.10 Å². The molecule has 0 bridgehead atoms. The molecule has 0 radical (unpaired) electrons. The predicted molar refractivity (Wildman–Crippen MR) is 51.4 cm³/mol. The second kappa shape index (κ2) is 4.99. The van der Waals surface area contributed by atoms with E-state index < -0.39 is 0 Å². The summed E-state index contributed by atoms with van der Waals surface area (Å²) < 4.78 is 2.01. The molecule has 1 aromatic heterocycles. The van der Waals surface area contributed by atoms with Crippen molar-refractivity contribution >= 4 is 0 Å². The molecular formula is C9H17N3O. The van der Waals surface area contributed by atoms with Crippen molar-refractivity contribution in [3.05, 3.63) is 18.7 Å². The Morgan fingerprint density at radius 2 is 2.31 bits per heavy atom. The zero-order chi connectivity index (χ0) is 9.68. The highest BCUT2D eigenvalue weighted by molar-refractivity contribution is 4.76. The standard InChI is InChI=1S/C9H17N3O/c1-8(11-5-9(2)13)6-12-4-3-10-7-12/h3-4,7-9,11,13H,5-6H2,1-2H3/t8?,9-/m1/s1. The van der Waals surface area contributed by atoms with Gasteiger partial charge >= 0.3 is 0 Å². The van der Waals surface area contributed by atoms with Crippen LogP contribution in [0, 0.1) is 0 Å². The van der Waals surface area contributed by atoms with Crippen LogP contribution in [0.3, 0.4) is 0 Å². The molecule has 2 atom stereocenters. The summed E-state index contributed by atoms with van der Waals surface area (Å²) in [6.45, 7) is 5.38. The molecule has 74 valence electrons. The summed E-state index contributed by atoms with van der Waals surface area (Å²) >= 11 is 0. The number of aliphatic hydroxyl groups is 1. The first-order chi connectivity index (χ1) is 6.18. The van der Waals surface area contributed by atoms with E-state index in [1.807, 2.05) is 10.8 Å². The van der Waals surface area contributed by atoms with Crippen molar-refractivity contribution in [2.24, 2.45) is 0 Å². The Bertz CT molecular complexity index is 221. The van der Waals surface area contributed by atoms with Crippen LogP contribution in [0.2, 0.25) is 0 Å². The van der Waals surface area contributed by atoms with Crippen LogP contribution < -0.4 is 5.32 Å². The molecule has 4 nitrogen and oxygen atoms in total. The smallest absolute Gasteiger partial charge is 0.0946 e. The Morgan fingerprint density at radius 3 is 2.85 bits per heavy atom. The second-order valence-corrected chi connectivity index (χ2v) is 3.42.